The van der Waals surface area contributed by atoms with Gasteiger partial charge >= 0.3 is 12.1 Å². The second kappa shape index (κ2) is 3.95. The molecule has 0 atom stereocenters. The molecule has 0 fully saturated rings. The van der Waals surface area contributed by atoms with E-state index in [1.807, 2.05) is 0 Å². The van der Waals surface area contributed by atoms with Crippen molar-refractivity contribution in [2.45, 2.75) is 19.6 Å². The summed E-state index contributed by atoms with van der Waals surface area (Å²) in [6.07, 6.45) is -4.83. The topological polar surface area (TPSA) is 42.0 Å². The second-order valence-corrected chi connectivity index (χ2v) is 3.60. The van der Waals surface area contributed by atoms with E-state index in [1.54, 1.807) is 17.6 Å². The summed E-state index contributed by atoms with van der Waals surface area (Å²) in [4.78, 5) is 14.3. The fourth-order valence-electron chi connectivity index (χ4n) is 0.760. The van der Waals surface area contributed by atoms with Crippen molar-refractivity contribution < 1.29 is 18.0 Å². The maximum atomic E-state index is 11.7. The van der Waals surface area contributed by atoms with Gasteiger partial charge in [0, 0.05) is 5.38 Å². The van der Waals surface area contributed by atoms with Crippen molar-refractivity contribution >= 4 is 17.2 Å². The van der Waals surface area contributed by atoms with Gasteiger partial charge < -0.3 is 5.32 Å². The number of carbonyl (C=O) groups excluding carboxylic acids is 1. The Balaban J connectivity index is 2.46. The number of halogens is 3. The summed E-state index contributed by atoms with van der Waals surface area (Å²) in [5, 5.41) is 4.09. The first kappa shape index (κ1) is 11.0. The number of thiazole rings is 1. The standard InChI is InChI=1S/C7H7F3N2OS/c1-4-12-5(3-14-4)2-11-6(13)7(8,9)10/h3H,2H2,1H3,(H,11,13). The van der Waals surface area contributed by atoms with E-state index in [0.717, 1.165) is 5.01 Å². The molecule has 0 unspecified atom stereocenters. The maximum Gasteiger partial charge on any atom is 0.471 e. The normalized spacial score (nSPS) is 11.4. The molecule has 0 radical (unpaired) electrons. The molecule has 1 amide bonds. The number of aromatic nitrogens is 1. The minimum absolute atomic E-state index is 0.192. The number of aryl methyl sites for hydroxylation is 1. The first-order chi connectivity index (χ1) is 6.39. The number of carbonyl (C=O) groups is 1. The molecule has 1 N–H and O–H groups in total. The molecule has 14 heavy (non-hydrogen) atoms. The van der Waals surface area contributed by atoms with Crippen LogP contribution in [0, 0.1) is 6.92 Å². The first-order valence-electron chi connectivity index (χ1n) is 3.65. The molecule has 0 spiro atoms. The lowest BCUT2D eigenvalue weighted by molar-refractivity contribution is -0.173. The number of alkyl halides is 3. The minimum Gasteiger partial charge on any atom is -0.343 e. The Hall–Kier alpha value is -1.11. The molecule has 0 aromatic carbocycles. The Morgan fingerprint density at radius 1 is 1.64 bits per heavy atom. The van der Waals surface area contributed by atoms with E-state index in [1.165, 1.54) is 11.3 Å². The Morgan fingerprint density at radius 2 is 2.29 bits per heavy atom. The highest BCUT2D eigenvalue weighted by Gasteiger charge is 2.38. The molecule has 3 nitrogen and oxygen atoms in total. The van der Waals surface area contributed by atoms with Gasteiger partial charge in [-0.25, -0.2) is 4.98 Å². The highest BCUT2D eigenvalue weighted by molar-refractivity contribution is 7.09. The van der Waals surface area contributed by atoms with Crippen LogP contribution in [0.2, 0.25) is 0 Å². The zero-order valence-electron chi connectivity index (χ0n) is 7.18. The van der Waals surface area contributed by atoms with Crippen LogP contribution in [0.3, 0.4) is 0 Å². The van der Waals surface area contributed by atoms with Crippen molar-refractivity contribution in [2.24, 2.45) is 0 Å². The Kier molecular flexibility index (Phi) is 3.10. The molecule has 0 aliphatic rings. The highest BCUT2D eigenvalue weighted by Crippen LogP contribution is 2.14. The molecule has 1 aromatic rings. The third-order valence-electron chi connectivity index (χ3n) is 1.35. The van der Waals surface area contributed by atoms with E-state index in [-0.39, 0.29) is 6.54 Å². The van der Waals surface area contributed by atoms with Crippen LogP contribution < -0.4 is 5.32 Å². The number of hydrogen-bond donors (Lipinski definition) is 1. The number of rotatable bonds is 2. The van der Waals surface area contributed by atoms with Crippen LogP contribution in [0.25, 0.3) is 0 Å². The van der Waals surface area contributed by atoms with Gasteiger partial charge in [-0.1, -0.05) is 0 Å². The quantitative estimate of drug-likeness (QED) is 0.829. The van der Waals surface area contributed by atoms with Crippen molar-refractivity contribution in [3.63, 3.8) is 0 Å². The van der Waals surface area contributed by atoms with Gasteiger partial charge in [0.05, 0.1) is 17.2 Å². The second-order valence-electron chi connectivity index (χ2n) is 2.54. The number of amides is 1. The summed E-state index contributed by atoms with van der Waals surface area (Å²) in [7, 11) is 0. The zero-order chi connectivity index (χ0) is 10.8. The van der Waals surface area contributed by atoms with E-state index in [9.17, 15) is 18.0 Å². The van der Waals surface area contributed by atoms with Crippen molar-refractivity contribution in [1.82, 2.24) is 10.3 Å². The number of hydrogen-bond acceptors (Lipinski definition) is 3. The largest absolute Gasteiger partial charge is 0.471 e. The third kappa shape index (κ3) is 2.99. The summed E-state index contributed by atoms with van der Waals surface area (Å²) in [5.41, 5.74) is 0.435. The van der Waals surface area contributed by atoms with Gasteiger partial charge in [0.15, 0.2) is 0 Å². The molecule has 0 saturated carbocycles. The summed E-state index contributed by atoms with van der Waals surface area (Å²) in [6.45, 7) is 1.54. The highest BCUT2D eigenvalue weighted by atomic mass is 32.1. The van der Waals surface area contributed by atoms with Crippen LogP contribution in [-0.4, -0.2) is 17.1 Å². The first-order valence-corrected chi connectivity index (χ1v) is 4.53. The van der Waals surface area contributed by atoms with Crippen LogP contribution in [-0.2, 0) is 11.3 Å². The average Bonchev–Trinajstić information content (AvgIpc) is 2.45. The predicted molar refractivity (Wildman–Crippen MR) is 44.8 cm³/mol. The van der Waals surface area contributed by atoms with E-state index in [0.29, 0.717) is 5.69 Å². The van der Waals surface area contributed by atoms with Crippen LogP contribution >= 0.6 is 11.3 Å². The van der Waals surface area contributed by atoms with E-state index in [4.69, 9.17) is 0 Å². The average molecular weight is 224 g/mol. The SMILES string of the molecule is Cc1nc(CNC(=O)C(F)(F)F)cs1. The summed E-state index contributed by atoms with van der Waals surface area (Å²) in [6, 6.07) is 0. The maximum absolute atomic E-state index is 11.7. The minimum atomic E-state index is -4.83. The molecule has 7 heteroatoms. The molecule has 0 aliphatic heterocycles. The van der Waals surface area contributed by atoms with E-state index < -0.39 is 12.1 Å². The Labute approximate surface area is 82.0 Å². The lowest BCUT2D eigenvalue weighted by atomic mass is 10.4. The monoisotopic (exact) mass is 224 g/mol. The Bertz CT molecular complexity index is 334. The molecular weight excluding hydrogens is 217 g/mol. The summed E-state index contributed by atoms with van der Waals surface area (Å²) in [5.74, 6) is -1.94. The molecule has 1 rings (SSSR count). The van der Waals surface area contributed by atoms with Gasteiger partial charge in [0.25, 0.3) is 0 Å². The fraction of sp³-hybridized carbons (Fsp3) is 0.429. The smallest absolute Gasteiger partial charge is 0.343 e. The third-order valence-corrected chi connectivity index (χ3v) is 2.18. The lowest BCUT2D eigenvalue weighted by Crippen LogP contribution is -2.36. The molecule has 0 saturated heterocycles. The van der Waals surface area contributed by atoms with E-state index >= 15 is 0 Å². The van der Waals surface area contributed by atoms with Gasteiger partial charge in [-0.3, -0.25) is 4.79 Å². The van der Waals surface area contributed by atoms with Crippen molar-refractivity contribution in [3.05, 3.63) is 16.1 Å². The molecule has 78 valence electrons. The van der Waals surface area contributed by atoms with Gasteiger partial charge in [0.2, 0.25) is 0 Å². The van der Waals surface area contributed by atoms with E-state index in [2.05, 4.69) is 4.98 Å². The lowest BCUT2D eigenvalue weighted by Gasteiger charge is -2.05. The van der Waals surface area contributed by atoms with Gasteiger partial charge in [-0.05, 0) is 6.92 Å². The van der Waals surface area contributed by atoms with Crippen LogP contribution in [0.4, 0.5) is 13.2 Å². The van der Waals surface area contributed by atoms with Gasteiger partial charge in [-0.15, -0.1) is 11.3 Å². The van der Waals surface area contributed by atoms with Gasteiger partial charge in [0.1, 0.15) is 0 Å². The van der Waals surface area contributed by atoms with Crippen LogP contribution in [0.1, 0.15) is 10.7 Å². The fourth-order valence-corrected chi connectivity index (χ4v) is 1.37. The predicted octanol–water partition coefficient (Wildman–Crippen LogP) is 1.63. The van der Waals surface area contributed by atoms with Crippen LogP contribution in [0.15, 0.2) is 5.38 Å². The molecular formula is C7H7F3N2OS. The summed E-state index contributed by atoms with van der Waals surface area (Å²) < 4.78 is 35.2. The van der Waals surface area contributed by atoms with Crippen molar-refractivity contribution in [3.8, 4) is 0 Å². The Morgan fingerprint density at radius 3 is 2.71 bits per heavy atom. The summed E-state index contributed by atoms with van der Waals surface area (Å²) >= 11 is 1.32. The molecule has 0 aliphatic carbocycles. The van der Waals surface area contributed by atoms with Crippen molar-refractivity contribution in [1.29, 1.82) is 0 Å². The molecule has 1 aromatic heterocycles. The van der Waals surface area contributed by atoms with Crippen molar-refractivity contribution in [2.75, 3.05) is 0 Å². The molecule has 1 heterocycles. The number of nitrogens with zero attached hydrogens (tertiary/aromatic N) is 1. The van der Waals surface area contributed by atoms with Gasteiger partial charge in [-0.2, -0.15) is 13.2 Å². The van der Waals surface area contributed by atoms with Crippen LogP contribution in [0.5, 0.6) is 0 Å². The zero-order valence-corrected chi connectivity index (χ0v) is 8.00. The molecule has 0 bridgehead atoms. The number of nitrogens with one attached hydrogen (secondary N) is 1.